The Balaban J connectivity index is 0.962. The largest absolute Gasteiger partial charge is 0.436 e. The minimum absolute atomic E-state index is 0.0401. The van der Waals surface area contributed by atoms with E-state index in [-0.39, 0.29) is 58.0 Å². The molecule has 6 N–H and O–H groups in total. The van der Waals surface area contributed by atoms with Crippen molar-refractivity contribution in [2.24, 2.45) is 40.6 Å². The number of carbonyl (C=O) groups is 4. The number of hydrogen-bond acceptors (Lipinski definition) is 10. The highest BCUT2D eigenvalue weighted by Gasteiger charge is 2.53. The number of fused-ring (bicyclic) bond motifs is 2. The maximum atomic E-state index is 17.4. The predicted molar refractivity (Wildman–Crippen MR) is 289 cm³/mol. The maximum Gasteiger partial charge on any atom is 0.405 e. The number of aromatic amines is 2. The van der Waals surface area contributed by atoms with Gasteiger partial charge in [-0.25, -0.2) is 37.1 Å². The molecule has 0 spiro atoms. The summed E-state index contributed by atoms with van der Waals surface area (Å²) < 4.78 is 79.6. The van der Waals surface area contributed by atoms with Crippen molar-refractivity contribution in [2.45, 2.75) is 167 Å². The van der Waals surface area contributed by atoms with Crippen molar-refractivity contribution in [2.75, 3.05) is 36.0 Å². The number of nitrogens with zero attached hydrogens (tertiary/aromatic N) is 6. The summed E-state index contributed by atoms with van der Waals surface area (Å²) in [6.07, 6.45) is 6.70. The Kier molecular flexibility index (Phi) is 14.5. The van der Waals surface area contributed by atoms with Crippen LogP contribution in [0.15, 0.2) is 36.4 Å². The summed E-state index contributed by atoms with van der Waals surface area (Å²) in [6, 6.07) is 6.57. The molecule has 11 rings (SSSR count). The van der Waals surface area contributed by atoms with Crippen molar-refractivity contribution >= 4 is 57.4 Å². The predicted octanol–water partition coefficient (Wildman–Crippen LogP) is 11.4. The molecule has 6 fully saturated rings. The van der Waals surface area contributed by atoms with Crippen LogP contribution in [0.1, 0.15) is 172 Å². The molecule has 2 aliphatic carbocycles. The van der Waals surface area contributed by atoms with Crippen LogP contribution in [0.25, 0.3) is 22.1 Å². The lowest BCUT2D eigenvalue weighted by molar-refractivity contribution is -0.144. The minimum Gasteiger partial charge on any atom is -0.436 e. The molecule has 6 heterocycles. The number of H-pyrrole nitrogens is 2. The number of carbonyl (C=O) groups excluding carboxylic acids is 4. The van der Waals surface area contributed by atoms with E-state index in [2.05, 4.69) is 30.7 Å². The van der Waals surface area contributed by atoms with Crippen molar-refractivity contribution in [1.82, 2.24) is 29.7 Å². The summed E-state index contributed by atoms with van der Waals surface area (Å²) in [4.78, 5) is 75.7. The van der Waals surface area contributed by atoms with E-state index in [0.717, 1.165) is 64.2 Å². The van der Waals surface area contributed by atoms with Crippen LogP contribution in [0.5, 0.6) is 0 Å². The molecule has 6 aliphatic rings. The molecule has 0 bridgehead atoms. The van der Waals surface area contributed by atoms with E-state index in [4.69, 9.17) is 30.9 Å². The molecule has 4 aliphatic heterocycles. The van der Waals surface area contributed by atoms with Crippen molar-refractivity contribution in [1.29, 1.82) is 0 Å². The molecule has 5 aromatic rings. The SMILES string of the molecule is CC1CC(c2cc3[nH]c(C4CCCN4C(=O)[C@@H](OC(N)=O)C4CCCC4)nc3cc2F)N(c2cc(F)c(N3CCC(C(C)(C)C)CC3)c(F)c2)[C@@]1(C)c1cc2[nH]c(C3CCCN3C(=O)[C@@H](OC(N)=O)C3CCCC3)nc2cc1F. The van der Waals surface area contributed by atoms with Crippen LogP contribution in [0.4, 0.5) is 38.5 Å². The van der Waals surface area contributed by atoms with Crippen molar-refractivity contribution in [3.05, 3.63) is 82.4 Å². The number of rotatable bonds is 12. The second-order valence-corrected chi connectivity index (χ2v) is 24.7. The van der Waals surface area contributed by atoms with Gasteiger partial charge in [-0.1, -0.05) is 53.4 Å². The molecule has 79 heavy (non-hydrogen) atoms. The molecule has 4 saturated heterocycles. The standard InChI is InChI=1S/C59H74F4N10O6/c1-31-24-48(36-27-42-44(29-38(36)60)68-52(66-42)46-16-10-20-71(46)54(74)50(78-56(64)76)32-12-6-7-13-32)73(35-25-40(62)49(41(63)26-35)70-22-18-34(19-23-70)58(2,3)4)59(31,5)37-28-43-45(30-39(37)61)69-53(67-43)47-17-11-21-72(47)55(75)51(79-57(65)77)33-14-8-9-15-33/h25-34,46-48,50-51H,6-24H2,1-5H3,(H2,64,76)(H2,65,77)(H,66,68)(H,67,69)/t31?,46?,47?,48?,50-,51-,59+/m0/s1. The van der Waals surface area contributed by atoms with E-state index >= 15 is 17.6 Å². The minimum atomic E-state index is -1.37. The zero-order valence-corrected chi connectivity index (χ0v) is 45.9. The first kappa shape index (κ1) is 54.4. The van der Waals surface area contributed by atoms with Gasteiger partial charge < -0.3 is 50.5 Å². The zero-order valence-electron chi connectivity index (χ0n) is 45.9. The second-order valence-electron chi connectivity index (χ2n) is 24.7. The van der Waals surface area contributed by atoms with Crippen LogP contribution in [0.3, 0.4) is 0 Å². The van der Waals surface area contributed by atoms with Crippen LogP contribution in [0, 0.1) is 52.4 Å². The zero-order chi connectivity index (χ0) is 55.8. The molecular weight excluding hydrogens is 1020 g/mol. The molecule has 2 aromatic heterocycles. The molecule has 2 saturated carbocycles. The third kappa shape index (κ3) is 10.0. The fourth-order valence-electron chi connectivity index (χ4n) is 14.8. The summed E-state index contributed by atoms with van der Waals surface area (Å²) in [7, 11) is 0. The number of aromatic nitrogens is 4. The monoisotopic (exact) mass is 1090 g/mol. The molecule has 4 amide bonds. The smallest absolute Gasteiger partial charge is 0.405 e. The van der Waals surface area contributed by atoms with Crippen LogP contribution >= 0.6 is 0 Å². The maximum absolute atomic E-state index is 17.4. The van der Waals surface area contributed by atoms with Gasteiger partial charge in [0.05, 0.1) is 45.7 Å². The van der Waals surface area contributed by atoms with E-state index < -0.39 is 77.2 Å². The van der Waals surface area contributed by atoms with Crippen molar-refractivity contribution in [3.63, 3.8) is 0 Å². The molecule has 3 aromatic carbocycles. The van der Waals surface area contributed by atoms with Gasteiger partial charge in [0.15, 0.2) is 23.8 Å². The Hall–Kier alpha value is -6.60. The lowest BCUT2D eigenvalue weighted by Gasteiger charge is -2.43. The number of ether oxygens (including phenoxy) is 2. The number of nitrogens with one attached hydrogen (secondary N) is 2. The van der Waals surface area contributed by atoms with E-state index in [9.17, 15) is 19.2 Å². The quantitative estimate of drug-likeness (QED) is 0.0869. The lowest BCUT2D eigenvalue weighted by atomic mass is 9.75. The molecule has 424 valence electrons. The first-order valence-electron chi connectivity index (χ1n) is 28.6. The molecule has 4 unspecified atom stereocenters. The number of primary amides is 2. The van der Waals surface area contributed by atoms with Gasteiger partial charge in [-0.15, -0.1) is 0 Å². The topological polar surface area (TPSA) is 209 Å². The fourth-order valence-corrected chi connectivity index (χ4v) is 14.8. The Labute approximate surface area is 457 Å². The normalized spacial score (nSPS) is 25.3. The number of nitrogens with two attached hydrogens (primary N) is 2. The average Bonchev–Trinajstić information content (AvgIpc) is 4.10. The van der Waals surface area contributed by atoms with E-state index in [1.54, 1.807) is 31.7 Å². The van der Waals surface area contributed by atoms with Gasteiger partial charge in [-0.3, -0.25) is 9.59 Å². The summed E-state index contributed by atoms with van der Waals surface area (Å²) >= 11 is 0. The Bertz CT molecular complexity index is 3140. The van der Waals surface area contributed by atoms with Crippen LogP contribution in [-0.2, 0) is 24.6 Å². The van der Waals surface area contributed by atoms with E-state index in [1.165, 1.54) is 24.3 Å². The van der Waals surface area contributed by atoms with Crippen LogP contribution in [0.2, 0.25) is 0 Å². The molecule has 16 nitrogen and oxygen atoms in total. The van der Waals surface area contributed by atoms with Gasteiger partial charge in [0.2, 0.25) is 0 Å². The van der Waals surface area contributed by atoms with Gasteiger partial charge in [-0.2, -0.15) is 0 Å². The average molecular weight is 1100 g/mol. The van der Waals surface area contributed by atoms with Crippen molar-refractivity contribution < 1.29 is 46.2 Å². The Morgan fingerprint density at radius 1 is 0.633 bits per heavy atom. The number of likely N-dealkylation sites (tertiary alicyclic amines) is 2. The summed E-state index contributed by atoms with van der Waals surface area (Å²) in [5.74, 6) is -3.06. The number of imidazole rings is 2. The van der Waals surface area contributed by atoms with Gasteiger partial charge >= 0.3 is 12.2 Å². The highest BCUT2D eigenvalue weighted by atomic mass is 19.1. The van der Waals surface area contributed by atoms with Gasteiger partial charge in [0.1, 0.15) is 29.0 Å². The number of benzene rings is 3. The second kappa shape index (κ2) is 21.1. The summed E-state index contributed by atoms with van der Waals surface area (Å²) in [6.45, 7) is 12.0. The highest BCUT2D eigenvalue weighted by molar-refractivity contribution is 5.86. The van der Waals surface area contributed by atoms with Gasteiger partial charge in [-0.05, 0) is 119 Å². The number of anilines is 2. The highest BCUT2D eigenvalue weighted by Crippen LogP contribution is 2.56. The number of halogens is 4. The number of piperidine rings is 1. The number of hydrogen-bond donors (Lipinski definition) is 4. The summed E-state index contributed by atoms with van der Waals surface area (Å²) in [5, 5.41) is 0. The lowest BCUT2D eigenvalue weighted by Crippen LogP contribution is -2.45. The Morgan fingerprint density at radius 2 is 1.11 bits per heavy atom. The molecule has 0 radical (unpaired) electrons. The third-order valence-corrected chi connectivity index (χ3v) is 19.1. The van der Waals surface area contributed by atoms with E-state index in [0.29, 0.717) is 91.5 Å². The molecule has 20 heteroatoms. The molecular formula is C59H74F4N10O6. The number of amides is 4. The van der Waals surface area contributed by atoms with Gasteiger partial charge in [0.25, 0.3) is 11.8 Å². The van der Waals surface area contributed by atoms with Crippen LogP contribution in [-0.4, -0.2) is 92.1 Å². The first-order valence-corrected chi connectivity index (χ1v) is 28.6. The van der Waals surface area contributed by atoms with Gasteiger partial charge in [0, 0.05) is 67.0 Å². The first-order chi connectivity index (χ1) is 37.7. The Morgan fingerprint density at radius 3 is 1.59 bits per heavy atom. The summed E-state index contributed by atoms with van der Waals surface area (Å²) in [5.41, 5.74) is 11.5. The molecule has 7 atom stereocenters. The van der Waals surface area contributed by atoms with E-state index in [1.807, 2.05) is 13.8 Å². The fraction of sp³-hybridized carbons (Fsp3) is 0.593. The van der Waals surface area contributed by atoms with Crippen LogP contribution < -0.4 is 21.3 Å². The van der Waals surface area contributed by atoms with Crippen molar-refractivity contribution in [3.8, 4) is 0 Å². The third-order valence-electron chi connectivity index (χ3n) is 19.1.